The van der Waals surface area contributed by atoms with Crippen LogP contribution >= 0.6 is 11.6 Å². The van der Waals surface area contributed by atoms with E-state index in [0.717, 1.165) is 6.42 Å². The number of halogens is 1. The maximum absolute atomic E-state index is 5.54. The molecule has 0 aliphatic heterocycles. The van der Waals surface area contributed by atoms with Gasteiger partial charge in [-0.3, -0.25) is 0 Å². The SMILES string of the molecule is C=C[C]1CC1Cl. The van der Waals surface area contributed by atoms with Crippen LogP contribution in [0, 0.1) is 5.92 Å². The summed E-state index contributed by atoms with van der Waals surface area (Å²) in [6.07, 6.45) is 2.89. The van der Waals surface area contributed by atoms with Crippen molar-refractivity contribution in [3.63, 3.8) is 0 Å². The van der Waals surface area contributed by atoms with Crippen molar-refractivity contribution in [2.45, 2.75) is 11.8 Å². The van der Waals surface area contributed by atoms with E-state index in [1.54, 1.807) is 0 Å². The van der Waals surface area contributed by atoms with E-state index in [2.05, 4.69) is 6.58 Å². The van der Waals surface area contributed by atoms with Crippen LogP contribution in [0.1, 0.15) is 6.42 Å². The van der Waals surface area contributed by atoms with Crippen LogP contribution in [0.4, 0.5) is 0 Å². The first-order valence-corrected chi connectivity index (χ1v) is 2.40. The fourth-order valence-corrected chi connectivity index (χ4v) is 0.626. The number of hydrogen-bond acceptors (Lipinski definition) is 0. The summed E-state index contributed by atoms with van der Waals surface area (Å²) in [7, 11) is 0. The monoisotopic (exact) mass is 101 g/mol. The lowest BCUT2D eigenvalue weighted by Crippen LogP contribution is -1.61. The van der Waals surface area contributed by atoms with Gasteiger partial charge in [-0.05, 0) is 6.42 Å². The summed E-state index contributed by atoms with van der Waals surface area (Å²) in [6.45, 7) is 3.55. The zero-order valence-corrected chi connectivity index (χ0v) is 4.20. The van der Waals surface area contributed by atoms with Crippen molar-refractivity contribution in [3.05, 3.63) is 18.6 Å². The summed E-state index contributed by atoms with van der Waals surface area (Å²) in [5, 5.41) is 0.336. The first kappa shape index (κ1) is 4.20. The summed E-state index contributed by atoms with van der Waals surface area (Å²) in [5.41, 5.74) is 0. The van der Waals surface area contributed by atoms with Gasteiger partial charge in [0.25, 0.3) is 0 Å². The zero-order chi connectivity index (χ0) is 4.57. The molecule has 0 saturated heterocycles. The molecule has 33 valence electrons. The molecule has 1 saturated carbocycles. The van der Waals surface area contributed by atoms with E-state index in [4.69, 9.17) is 11.6 Å². The molecule has 0 heterocycles. The maximum atomic E-state index is 5.54. The predicted octanol–water partition coefficient (Wildman–Crippen LogP) is 1.76. The van der Waals surface area contributed by atoms with Crippen molar-refractivity contribution in [2.75, 3.05) is 0 Å². The lowest BCUT2D eigenvalue weighted by Gasteiger charge is -1.69. The van der Waals surface area contributed by atoms with Gasteiger partial charge in [0.1, 0.15) is 0 Å². The van der Waals surface area contributed by atoms with Gasteiger partial charge in [0.2, 0.25) is 0 Å². The summed E-state index contributed by atoms with van der Waals surface area (Å²) in [6, 6.07) is 0. The highest BCUT2D eigenvalue weighted by Crippen LogP contribution is 2.38. The normalized spacial score (nSPS) is 33.2. The minimum Gasteiger partial charge on any atom is -0.122 e. The molecule has 1 aliphatic rings. The predicted molar refractivity (Wildman–Crippen MR) is 27.7 cm³/mol. The minimum atomic E-state index is 0.336. The smallest absolute Gasteiger partial charge is 0.0445 e. The first-order valence-electron chi connectivity index (χ1n) is 1.97. The van der Waals surface area contributed by atoms with Gasteiger partial charge in [0, 0.05) is 11.3 Å². The molecule has 1 fully saturated rings. The van der Waals surface area contributed by atoms with Gasteiger partial charge >= 0.3 is 0 Å². The highest BCUT2D eigenvalue weighted by Gasteiger charge is 2.32. The van der Waals surface area contributed by atoms with Gasteiger partial charge in [-0.1, -0.05) is 6.08 Å². The van der Waals surface area contributed by atoms with E-state index in [9.17, 15) is 0 Å². The molecule has 1 radical (unpaired) electrons. The topological polar surface area (TPSA) is 0 Å². The molecule has 0 nitrogen and oxygen atoms in total. The Labute approximate surface area is 42.8 Å². The number of rotatable bonds is 1. The minimum absolute atomic E-state index is 0.336. The maximum Gasteiger partial charge on any atom is 0.0445 e. The summed E-state index contributed by atoms with van der Waals surface area (Å²) in [5.74, 6) is 1.29. The van der Waals surface area contributed by atoms with E-state index in [0.29, 0.717) is 5.38 Å². The Morgan fingerprint density at radius 1 is 2.00 bits per heavy atom. The Kier molecular flexibility index (Phi) is 0.886. The highest BCUT2D eigenvalue weighted by atomic mass is 35.5. The average Bonchev–Trinajstić information content (AvgIpc) is 2.19. The van der Waals surface area contributed by atoms with Gasteiger partial charge in [0.05, 0.1) is 0 Å². The lowest BCUT2D eigenvalue weighted by atomic mass is 10.4. The van der Waals surface area contributed by atoms with E-state index >= 15 is 0 Å². The standard InChI is InChI=1S/C5H6Cl/c1-2-4-3-5(4)6/h2,5H,1,3H2. The van der Waals surface area contributed by atoms with Crippen molar-refractivity contribution >= 4 is 11.6 Å². The fraction of sp³-hybridized carbons (Fsp3) is 0.400. The fourth-order valence-electron chi connectivity index (χ4n) is 0.359. The Hall–Kier alpha value is 0.0300. The molecule has 1 aliphatic carbocycles. The van der Waals surface area contributed by atoms with Gasteiger partial charge in [-0.15, -0.1) is 18.2 Å². The molecule has 0 aromatic rings. The van der Waals surface area contributed by atoms with Crippen LogP contribution in [0.5, 0.6) is 0 Å². The van der Waals surface area contributed by atoms with Crippen LogP contribution in [0.25, 0.3) is 0 Å². The Morgan fingerprint density at radius 2 is 2.50 bits per heavy atom. The van der Waals surface area contributed by atoms with Crippen LogP contribution in [0.15, 0.2) is 12.7 Å². The molecule has 0 amide bonds. The van der Waals surface area contributed by atoms with E-state index < -0.39 is 0 Å². The Bertz CT molecular complexity index is 68.3. The van der Waals surface area contributed by atoms with Crippen LogP contribution in [0.3, 0.4) is 0 Å². The molecule has 1 rings (SSSR count). The van der Waals surface area contributed by atoms with Crippen molar-refractivity contribution in [1.29, 1.82) is 0 Å². The first-order chi connectivity index (χ1) is 2.84. The molecule has 6 heavy (non-hydrogen) atoms. The van der Waals surface area contributed by atoms with Crippen LogP contribution in [-0.4, -0.2) is 5.38 Å². The third-order valence-electron chi connectivity index (χ3n) is 0.919. The second-order valence-corrected chi connectivity index (χ2v) is 1.98. The average molecular weight is 102 g/mol. The number of allylic oxidation sites excluding steroid dienone is 1. The number of hydrogen-bond donors (Lipinski definition) is 0. The molecule has 1 unspecified atom stereocenters. The third-order valence-corrected chi connectivity index (χ3v) is 1.35. The molecule has 0 bridgehead atoms. The van der Waals surface area contributed by atoms with Gasteiger partial charge in [-0.25, -0.2) is 0 Å². The van der Waals surface area contributed by atoms with Crippen LogP contribution in [0.2, 0.25) is 0 Å². The van der Waals surface area contributed by atoms with Crippen molar-refractivity contribution in [1.82, 2.24) is 0 Å². The van der Waals surface area contributed by atoms with E-state index in [-0.39, 0.29) is 0 Å². The Balaban J connectivity index is 2.25. The molecular formula is C5H6Cl. The summed E-state index contributed by atoms with van der Waals surface area (Å²) < 4.78 is 0. The second-order valence-electron chi connectivity index (χ2n) is 1.45. The Morgan fingerprint density at radius 3 is 2.50 bits per heavy atom. The summed E-state index contributed by atoms with van der Waals surface area (Å²) in [4.78, 5) is 0. The van der Waals surface area contributed by atoms with Gasteiger partial charge in [-0.2, -0.15) is 0 Å². The zero-order valence-electron chi connectivity index (χ0n) is 3.45. The lowest BCUT2D eigenvalue weighted by molar-refractivity contribution is 1.50. The van der Waals surface area contributed by atoms with Gasteiger partial charge < -0.3 is 0 Å². The molecule has 1 heteroatoms. The molecular weight excluding hydrogens is 95.5 g/mol. The quantitative estimate of drug-likeness (QED) is 0.442. The molecule has 0 aromatic heterocycles. The molecule has 0 spiro atoms. The van der Waals surface area contributed by atoms with Gasteiger partial charge in [0.15, 0.2) is 0 Å². The van der Waals surface area contributed by atoms with Crippen LogP contribution in [-0.2, 0) is 0 Å². The van der Waals surface area contributed by atoms with E-state index in [1.165, 1.54) is 5.92 Å². The highest BCUT2D eigenvalue weighted by molar-refractivity contribution is 6.24. The number of alkyl halides is 1. The van der Waals surface area contributed by atoms with Crippen LogP contribution < -0.4 is 0 Å². The van der Waals surface area contributed by atoms with E-state index in [1.807, 2.05) is 6.08 Å². The second kappa shape index (κ2) is 1.27. The van der Waals surface area contributed by atoms with Crippen molar-refractivity contribution < 1.29 is 0 Å². The van der Waals surface area contributed by atoms with Crippen molar-refractivity contribution in [2.24, 2.45) is 0 Å². The molecule has 1 atom stereocenters. The summed E-state index contributed by atoms with van der Waals surface area (Å²) >= 11 is 5.54. The molecule has 0 N–H and O–H groups in total. The van der Waals surface area contributed by atoms with Crippen molar-refractivity contribution in [3.8, 4) is 0 Å². The molecule has 0 aromatic carbocycles. The third kappa shape index (κ3) is 0.574. The largest absolute Gasteiger partial charge is 0.122 e.